The summed E-state index contributed by atoms with van der Waals surface area (Å²) in [7, 11) is 1.60. The van der Waals surface area contributed by atoms with Crippen LogP contribution in [0.5, 0.6) is 5.75 Å². The van der Waals surface area contributed by atoms with Gasteiger partial charge in [-0.2, -0.15) is 0 Å². The van der Waals surface area contributed by atoms with Gasteiger partial charge in [-0.15, -0.1) is 0 Å². The maximum Gasteiger partial charge on any atom is 0.354 e. The molecule has 5 heteroatoms. The van der Waals surface area contributed by atoms with Gasteiger partial charge in [-0.25, -0.2) is 4.79 Å². The van der Waals surface area contributed by atoms with Crippen molar-refractivity contribution < 1.29 is 19.4 Å². The summed E-state index contributed by atoms with van der Waals surface area (Å²) in [4.78, 5) is 11.8. The predicted octanol–water partition coefficient (Wildman–Crippen LogP) is 2.95. The number of halogens is 1. The summed E-state index contributed by atoms with van der Waals surface area (Å²) in [5.74, 6) is 0.0256. The lowest BCUT2D eigenvalue weighted by Gasteiger charge is -2.19. The second kappa shape index (κ2) is 5.81. The molecule has 106 valence electrons. The Labute approximate surface area is 125 Å². The molecule has 0 aromatic heterocycles. The van der Waals surface area contributed by atoms with Crippen molar-refractivity contribution in [2.24, 2.45) is 0 Å². The minimum Gasteiger partial charge on any atom is -0.497 e. The Bertz CT molecular complexity index is 637. The highest BCUT2D eigenvalue weighted by Crippen LogP contribution is 2.32. The third kappa shape index (κ3) is 2.78. The molecular weight excluding hydrogens is 324 g/mol. The van der Waals surface area contributed by atoms with Gasteiger partial charge in [0, 0.05) is 5.56 Å². The van der Waals surface area contributed by atoms with Crippen molar-refractivity contribution in [2.75, 3.05) is 13.7 Å². The third-order valence-electron chi connectivity index (χ3n) is 2.98. The van der Waals surface area contributed by atoms with Crippen LogP contribution < -0.4 is 4.74 Å². The summed E-state index contributed by atoms with van der Waals surface area (Å²) in [6.45, 7) is 1.89. The first-order chi connectivity index (χ1) is 9.48. The Morgan fingerprint density at radius 3 is 2.55 bits per heavy atom. The standard InChI is InChI=1S/C15H15BrO4/c1-3-20-14(17)15(16,18)12-6-4-11-9-13(19-2)7-5-10(11)8-12/h4-9,18H,3H2,1-2H3. The van der Waals surface area contributed by atoms with Crippen molar-refractivity contribution in [3.63, 3.8) is 0 Å². The van der Waals surface area contributed by atoms with Crippen LogP contribution in [0.1, 0.15) is 12.5 Å². The van der Waals surface area contributed by atoms with Crippen molar-refractivity contribution in [1.82, 2.24) is 0 Å². The van der Waals surface area contributed by atoms with Crippen LogP contribution in [0.25, 0.3) is 10.8 Å². The Hall–Kier alpha value is -1.59. The molecule has 0 radical (unpaired) electrons. The van der Waals surface area contributed by atoms with Gasteiger partial charge in [0.2, 0.25) is 4.51 Å². The van der Waals surface area contributed by atoms with Crippen LogP contribution in [0.3, 0.4) is 0 Å². The van der Waals surface area contributed by atoms with E-state index in [4.69, 9.17) is 9.47 Å². The minimum absolute atomic E-state index is 0.206. The van der Waals surface area contributed by atoms with Gasteiger partial charge in [0.25, 0.3) is 0 Å². The van der Waals surface area contributed by atoms with Gasteiger partial charge in [-0.1, -0.05) is 18.2 Å². The first-order valence-electron chi connectivity index (χ1n) is 6.16. The maximum absolute atomic E-state index is 11.8. The van der Waals surface area contributed by atoms with Crippen LogP contribution in [-0.2, 0) is 14.0 Å². The number of fused-ring (bicyclic) bond motifs is 1. The molecule has 1 atom stereocenters. The van der Waals surface area contributed by atoms with E-state index in [2.05, 4.69) is 15.9 Å². The summed E-state index contributed by atoms with van der Waals surface area (Å²) in [5, 5.41) is 12.1. The molecule has 0 aliphatic heterocycles. The lowest BCUT2D eigenvalue weighted by molar-refractivity contribution is -0.155. The SMILES string of the molecule is CCOC(=O)C(O)(Br)c1ccc2cc(OC)ccc2c1. The average molecular weight is 339 g/mol. The first-order valence-corrected chi connectivity index (χ1v) is 6.95. The molecule has 1 N–H and O–H groups in total. The zero-order chi connectivity index (χ0) is 14.8. The lowest BCUT2D eigenvalue weighted by atomic mass is 10.0. The number of esters is 1. The van der Waals surface area contributed by atoms with Crippen LogP contribution in [-0.4, -0.2) is 24.8 Å². The number of carbonyl (C=O) groups excluding carboxylic acids is 1. The van der Waals surface area contributed by atoms with Crippen LogP contribution in [0.15, 0.2) is 36.4 Å². The molecule has 2 aromatic carbocycles. The van der Waals surface area contributed by atoms with Gasteiger partial charge >= 0.3 is 5.97 Å². The van der Waals surface area contributed by atoms with E-state index in [1.165, 1.54) is 0 Å². The molecule has 0 aliphatic rings. The molecule has 0 aliphatic carbocycles. The van der Waals surface area contributed by atoms with Crippen molar-refractivity contribution >= 4 is 32.7 Å². The first kappa shape index (κ1) is 14.8. The summed E-state index contributed by atoms with van der Waals surface area (Å²) in [6, 6.07) is 10.8. The Balaban J connectivity index is 2.43. The van der Waals surface area contributed by atoms with Gasteiger partial charge in [0.15, 0.2) is 0 Å². The Morgan fingerprint density at radius 1 is 1.25 bits per heavy atom. The van der Waals surface area contributed by atoms with Crippen molar-refractivity contribution in [3.8, 4) is 5.75 Å². The topological polar surface area (TPSA) is 55.8 Å². The zero-order valence-electron chi connectivity index (χ0n) is 11.2. The predicted molar refractivity (Wildman–Crippen MR) is 80.0 cm³/mol. The zero-order valence-corrected chi connectivity index (χ0v) is 12.8. The second-order valence-corrected chi connectivity index (χ2v) is 5.42. The van der Waals surface area contributed by atoms with Crippen molar-refractivity contribution in [1.29, 1.82) is 0 Å². The van der Waals surface area contributed by atoms with Gasteiger partial charge in [0.1, 0.15) is 5.75 Å². The van der Waals surface area contributed by atoms with Crippen molar-refractivity contribution in [2.45, 2.75) is 11.4 Å². The molecule has 0 amide bonds. The number of alkyl halides is 1. The van der Waals surface area contributed by atoms with Crippen LogP contribution in [0, 0.1) is 0 Å². The molecule has 0 spiro atoms. The molecule has 0 heterocycles. The number of ether oxygens (including phenoxy) is 2. The van der Waals surface area contributed by atoms with E-state index < -0.39 is 10.5 Å². The maximum atomic E-state index is 11.8. The van der Waals surface area contributed by atoms with Gasteiger partial charge in [-0.05, 0) is 51.8 Å². The quantitative estimate of drug-likeness (QED) is 0.687. The van der Waals surface area contributed by atoms with E-state index in [1.54, 1.807) is 26.2 Å². The number of hydrogen-bond acceptors (Lipinski definition) is 4. The Kier molecular flexibility index (Phi) is 4.30. The van der Waals surface area contributed by atoms with E-state index in [9.17, 15) is 9.90 Å². The van der Waals surface area contributed by atoms with E-state index in [0.717, 1.165) is 16.5 Å². The molecule has 20 heavy (non-hydrogen) atoms. The Morgan fingerprint density at radius 2 is 1.90 bits per heavy atom. The highest BCUT2D eigenvalue weighted by molar-refractivity contribution is 9.10. The second-order valence-electron chi connectivity index (χ2n) is 4.27. The van der Waals surface area contributed by atoms with Gasteiger partial charge < -0.3 is 14.6 Å². The fraction of sp³-hybridized carbons (Fsp3) is 0.267. The molecule has 0 fully saturated rings. The fourth-order valence-electron chi connectivity index (χ4n) is 1.90. The van der Waals surface area contributed by atoms with E-state index in [1.807, 2.05) is 24.3 Å². The van der Waals surface area contributed by atoms with E-state index >= 15 is 0 Å². The molecule has 0 bridgehead atoms. The lowest BCUT2D eigenvalue weighted by Crippen LogP contribution is -2.30. The number of aliphatic hydroxyl groups is 1. The van der Waals surface area contributed by atoms with Crippen LogP contribution in [0.2, 0.25) is 0 Å². The summed E-state index contributed by atoms with van der Waals surface area (Å²) in [5.41, 5.74) is 0.425. The average Bonchev–Trinajstić information content (AvgIpc) is 2.46. The van der Waals surface area contributed by atoms with Crippen molar-refractivity contribution in [3.05, 3.63) is 42.0 Å². The number of rotatable bonds is 4. The normalized spacial score (nSPS) is 13.8. The molecule has 4 nitrogen and oxygen atoms in total. The largest absolute Gasteiger partial charge is 0.497 e. The number of benzene rings is 2. The molecule has 1 unspecified atom stereocenters. The van der Waals surface area contributed by atoms with E-state index in [-0.39, 0.29) is 6.61 Å². The molecule has 2 rings (SSSR count). The fourth-order valence-corrected chi connectivity index (χ4v) is 2.26. The molecular formula is C15H15BrO4. The van der Waals surface area contributed by atoms with Crippen LogP contribution >= 0.6 is 15.9 Å². The highest BCUT2D eigenvalue weighted by atomic mass is 79.9. The summed E-state index contributed by atoms with van der Waals surface area (Å²) >= 11 is 3.03. The summed E-state index contributed by atoms with van der Waals surface area (Å²) in [6.07, 6.45) is 0. The molecule has 2 aromatic rings. The molecule has 0 saturated heterocycles. The van der Waals surface area contributed by atoms with Gasteiger partial charge in [-0.3, -0.25) is 0 Å². The van der Waals surface area contributed by atoms with E-state index in [0.29, 0.717) is 5.56 Å². The molecule has 0 saturated carbocycles. The van der Waals surface area contributed by atoms with Gasteiger partial charge in [0.05, 0.1) is 13.7 Å². The highest BCUT2D eigenvalue weighted by Gasteiger charge is 2.36. The summed E-state index contributed by atoms with van der Waals surface area (Å²) < 4.78 is 8.17. The number of hydrogen-bond donors (Lipinski definition) is 1. The minimum atomic E-state index is -1.84. The monoisotopic (exact) mass is 338 g/mol. The third-order valence-corrected chi connectivity index (χ3v) is 3.76. The smallest absolute Gasteiger partial charge is 0.354 e. The van der Waals surface area contributed by atoms with Crippen LogP contribution in [0.4, 0.5) is 0 Å². The number of carbonyl (C=O) groups is 1. The number of methoxy groups -OCH3 is 1.